The van der Waals surface area contributed by atoms with Crippen LogP contribution in [0.1, 0.15) is 44.8 Å². The van der Waals surface area contributed by atoms with Crippen LogP contribution in [0.4, 0.5) is 0 Å². The van der Waals surface area contributed by atoms with Crippen LogP contribution in [0, 0.1) is 6.92 Å². The Balaban J connectivity index is 2.02. The molecule has 0 radical (unpaired) electrons. The Hall–Kier alpha value is -2.07. The molecular formula is C22H30O3Si. The lowest BCUT2D eigenvalue weighted by Crippen LogP contribution is -2.43. The fourth-order valence-corrected chi connectivity index (χ4v) is 3.37. The van der Waals surface area contributed by atoms with E-state index in [1.165, 1.54) is 0 Å². The molecule has 4 heteroatoms. The average molecular weight is 371 g/mol. The second-order valence-corrected chi connectivity index (χ2v) is 13.1. The molecule has 140 valence electrons. The zero-order valence-electron chi connectivity index (χ0n) is 17.0. The van der Waals surface area contributed by atoms with Crippen molar-refractivity contribution in [1.29, 1.82) is 0 Å². The van der Waals surface area contributed by atoms with Gasteiger partial charge in [-0.15, -0.1) is 0 Å². The summed E-state index contributed by atoms with van der Waals surface area (Å²) in [4.78, 5) is 12.3. The van der Waals surface area contributed by atoms with Crippen molar-refractivity contribution < 1.29 is 13.6 Å². The minimum Gasteiger partial charge on any atom is -0.544 e. The van der Waals surface area contributed by atoms with Crippen LogP contribution < -0.4 is 4.43 Å². The van der Waals surface area contributed by atoms with E-state index in [0.717, 1.165) is 28.4 Å². The summed E-state index contributed by atoms with van der Waals surface area (Å²) in [7, 11) is -1.84. The van der Waals surface area contributed by atoms with Crippen molar-refractivity contribution in [2.45, 2.75) is 59.2 Å². The molecule has 1 heterocycles. The van der Waals surface area contributed by atoms with Crippen LogP contribution in [0.15, 0.2) is 46.9 Å². The lowest BCUT2D eigenvalue weighted by molar-refractivity contribution is -0.114. The van der Waals surface area contributed by atoms with Crippen LogP contribution in [-0.4, -0.2) is 14.1 Å². The first-order valence-corrected chi connectivity index (χ1v) is 11.9. The van der Waals surface area contributed by atoms with Crippen LogP contribution in [-0.2, 0) is 11.2 Å². The van der Waals surface area contributed by atoms with Crippen LogP contribution >= 0.6 is 0 Å². The number of benzene rings is 1. The molecule has 0 spiro atoms. The van der Waals surface area contributed by atoms with Crippen molar-refractivity contribution in [3.8, 4) is 5.75 Å². The van der Waals surface area contributed by atoms with Crippen molar-refractivity contribution >= 4 is 19.7 Å². The highest BCUT2D eigenvalue weighted by Crippen LogP contribution is 2.37. The monoisotopic (exact) mass is 370 g/mol. The molecule has 0 aliphatic rings. The van der Waals surface area contributed by atoms with E-state index in [9.17, 15) is 4.79 Å². The molecular weight excluding hydrogens is 340 g/mol. The summed E-state index contributed by atoms with van der Waals surface area (Å²) >= 11 is 0. The van der Waals surface area contributed by atoms with Gasteiger partial charge in [0.25, 0.3) is 0 Å². The molecule has 0 fully saturated rings. The predicted octanol–water partition coefficient (Wildman–Crippen LogP) is 6.19. The topological polar surface area (TPSA) is 39.4 Å². The van der Waals surface area contributed by atoms with Gasteiger partial charge in [-0.25, -0.2) is 0 Å². The summed E-state index contributed by atoms with van der Waals surface area (Å²) in [6.45, 7) is 14.9. The number of allylic oxidation sites excluding steroid dienone is 2. The lowest BCUT2D eigenvalue weighted by Gasteiger charge is -2.36. The molecule has 2 rings (SSSR count). The summed E-state index contributed by atoms with van der Waals surface area (Å²) in [5.74, 6) is 2.53. The Morgan fingerprint density at radius 1 is 1.12 bits per heavy atom. The first kappa shape index (κ1) is 20.2. The maximum atomic E-state index is 12.3. The quantitative estimate of drug-likeness (QED) is 0.450. The molecule has 0 N–H and O–H groups in total. The average Bonchev–Trinajstić information content (AvgIpc) is 2.94. The van der Waals surface area contributed by atoms with Gasteiger partial charge in [0.2, 0.25) is 8.32 Å². The van der Waals surface area contributed by atoms with E-state index < -0.39 is 8.32 Å². The van der Waals surface area contributed by atoms with E-state index in [-0.39, 0.29) is 10.8 Å². The Morgan fingerprint density at radius 3 is 2.23 bits per heavy atom. The van der Waals surface area contributed by atoms with E-state index in [4.69, 9.17) is 8.84 Å². The van der Waals surface area contributed by atoms with Crippen LogP contribution in [0.3, 0.4) is 0 Å². The maximum absolute atomic E-state index is 12.3. The number of rotatable bonds is 6. The minimum atomic E-state index is -1.84. The number of carbonyl (C=O) groups is 1. The molecule has 0 unspecified atom stereocenters. The molecule has 0 aliphatic carbocycles. The standard InChI is InChI=1S/C22H30O3Si/c1-16(21-13-8-17(2)24-21)14-19(23)15-18-9-11-20(12-10-18)25-26(6,7)22(3,4)5/h8-14H,15H2,1-7H3/b16-14+. The first-order chi connectivity index (χ1) is 12.0. The Morgan fingerprint density at radius 2 is 1.73 bits per heavy atom. The van der Waals surface area contributed by atoms with Gasteiger partial charge in [0.05, 0.1) is 0 Å². The summed E-state index contributed by atoms with van der Waals surface area (Å²) in [5, 5.41) is 0.161. The predicted molar refractivity (Wildman–Crippen MR) is 110 cm³/mol. The molecule has 0 atom stereocenters. The number of aryl methyl sites for hydroxylation is 1. The normalized spacial score (nSPS) is 13.0. The minimum absolute atomic E-state index is 0.0645. The zero-order chi connectivity index (χ0) is 19.5. The van der Waals surface area contributed by atoms with Crippen LogP contribution in [0.2, 0.25) is 18.1 Å². The second kappa shape index (κ2) is 7.66. The highest BCUT2D eigenvalue weighted by molar-refractivity contribution is 6.74. The molecule has 0 saturated carbocycles. The molecule has 2 aromatic rings. The number of ketones is 1. The largest absolute Gasteiger partial charge is 0.544 e. The van der Waals surface area contributed by atoms with E-state index >= 15 is 0 Å². The van der Waals surface area contributed by atoms with Gasteiger partial charge in [0.15, 0.2) is 5.78 Å². The molecule has 26 heavy (non-hydrogen) atoms. The zero-order valence-corrected chi connectivity index (χ0v) is 18.0. The maximum Gasteiger partial charge on any atom is 0.250 e. The second-order valence-electron chi connectivity index (χ2n) is 8.39. The van der Waals surface area contributed by atoms with Gasteiger partial charge in [0, 0.05) is 6.42 Å². The molecule has 3 nitrogen and oxygen atoms in total. The lowest BCUT2D eigenvalue weighted by atomic mass is 10.1. The van der Waals surface area contributed by atoms with E-state index in [1.54, 1.807) is 6.08 Å². The smallest absolute Gasteiger partial charge is 0.250 e. The molecule has 1 aromatic carbocycles. The van der Waals surface area contributed by atoms with Crippen molar-refractivity contribution in [2.24, 2.45) is 0 Å². The van der Waals surface area contributed by atoms with E-state index in [0.29, 0.717) is 6.42 Å². The van der Waals surface area contributed by atoms with Gasteiger partial charge in [0.1, 0.15) is 17.3 Å². The van der Waals surface area contributed by atoms with Crippen molar-refractivity contribution in [2.75, 3.05) is 0 Å². The summed E-state index contributed by atoms with van der Waals surface area (Å²) < 4.78 is 11.8. The summed E-state index contributed by atoms with van der Waals surface area (Å²) in [5.41, 5.74) is 1.83. The van der Waals surface area contributed by atoms with E-state index in [2.05, 4.69) is 33.9 Å². The molecule has 0 aliphatic heterocycles. The third-order valence-electron chi connectivity index (χ3n) is 4.99. The Kier molecular flexibility index (Phi) is 5.97. The third kappa shape index (κ3) is 5.21. The summed E-state index contributed by atoms with van der Waals surface area (Å²) in [6, 6.07) is 11.7. The van der Waals surface area contributed by atoms with Crippen molar-refractivity contribution in [3.63, 3.8) is 0 Å². The van der Waals surface area contributed by atoms with Gasteiger partial charge in [-0.05, 0) is 73.5 Å². The molecule has 1 aromatic heterocycles. The number of carbonyl (C=O) groups excluding carboxylic acids is 1. The first-order valence-electron chi connectivity index (χ1n) is 9.04. The third-order valence-corrected chi connectivity index (χ3v) is 9.35. The molecule has 0 saturated heterocycles. The van der Waals surface area contributed by atoms with Crippen molar-refractivity contribution in [1.82, 2.24) is 0 Å². The van der Waals surface area contributed by atoms with Gasteiger partial charge >= 0.3 is 0 Å². The number of furan rings is 1. The van der Waals surface area contributed by atoms with Gasteiger partial charge in [-0.1, -0.05) is 32.9 Å². The van der Waals surface area contributed by atoms with Gasteiger partial charge < -0.3 is 8.84 Å². The van der Waals surface area contributed by atoms with Crippen molar-refractivity contribution in [3.05, 3.63) is 59.6 Å². The van der Waals surface area contributed by atoms with Gasteiger partial charge in [-0.3, -0.25) is 4.79 Å². The fraction of sp³-hybridized carbons (Fsp3) is 0.409. The number of hydrogen-bond donors (Lipinski definition) is 0. The highest BCUT2D eigenvalue weighted by Gasteiger charge is 2.38. The SMILES string of the molecule is C/C(=C\C(=O)Cc1ccc(O[Si](C)(C)C(C)(C)C)cc1)c1ccc(C)o1. The summed E-state index contributed by atoms with van der Waals surface area (Å²) in [6.07, 6.45) is 2.02. The Bertz CT molecular complexity index is 790. The number of hydrogen-bond acceptors (Lipinski definition) is 3. The fourth-order valence-electron chi connectivity index (χ4n) is 2.33. The molecule has 0 amide bonds. The van der Waals surface area contributed by atoms with E-state index in [1.807, 2.05) is 50.2 Å². The molecule has 0 bridgehead atoms. The van der Waals surface area contributed by atoms with Crippen LogP contribution in [0.25, 0.3) is 5.57 Å². The van der Waals surface area contributed by atoms with Crippen LogP contribution in [0.5, 0.6) is 5.75 Å². The highest BCUT2D eigenvalue weighted by atomic mass is 28.4. The van der Waals surface area contributed by atoms with Gasteiger partial charge in [-0.2, -0.15) is 0 Å². The Labute approximate surface area is 158 Å².